The van der Waals surface area contributed by atoms with Gasteiger partial charge in [0, 0.05) is 13.1 Å². The molecule has 2 atom stereocenters. The van der Waals surface area contributed by atoms with E-state index < -0.39 is 6.10 Å². The molecule has 4 heteroatoms. The summed E-state index contributed by atoms with van der Waals surface area (Å²) < 4.78 is 10.8. The van der Waals surface area contributed by atoms with Gasteiger partial charge in [0.2, 0.25) is 0 Å². The molecule has 1 saturated heterocycles. The third-order valence-corrected chi connectivity index (χ3v) is 4.39. The maximum Gasteiger partial charge on any atom is 0.118 e. The first kappa shape index (κ1) is 17.3. The highest BCUT2D eigenvalue weighted by Crippen LogP contribution is 2.19. The molecule has 1 heterocycles. The fourth-order valence-electron chi connectivity index (χ4n) is 3.04. The number of ether oxygens (including phenoxy) is 2. The van der Waals surface area contributed by atoms with Crippen LogP contribution in [0.3, 0.4) is 0 Å². The van der Waals surface area contributed by atoms with Crippen molar-refractivity contribution in [1.82, 2.24) is 4.90 Å². The summed E-state index contributed by atoms with van der Waals surface area (Å²) in [5.74, 6) is 1.64. The third kappa shape index (κ3) is 5.59. The summed E-state index contributed by atoms with van der Waals surface area (Å²) in [4.78, 5) is 2.37. The second-order valence-corrected chi connectivity index (χ2v) is 6.19. The van der Waals surface area contributed by atoms with Crippen LogP contribution in [0.2, 0.25) is 0 Å². The molecule has 0 aliphatic carbocycles. The van der Waals surface area contributed by atoms with E-state index in [1.807, 2.05) is 24.3 Å². The van der Waals surface area contributed by atoms with Gasteiger partial charge in [0.05, 0.1) is 26.4 Å². The number of aliphatic hydroxyl groups is 1. The van der Waals surface area contributed by atoms with Crippen LogP contribution in [0, 0.1) is 5.92 Å². The highest BCUT2D eigenvalue weighted by Gasteiger charge is 2.20. The van der Waals surface area contributed by atoms with Gasteiger partial charge in [-0.25, -0.2) is 0 Å². The van der Waals surface area contributed by atoms with Crippen molar-refractivity contribution in [2.45, 2.75) is 38.9 Å². The summed E-state index contributed by atoms with van der Waals surface area (Å²) in [5, 5.41) is 10.1. The minimum atomic E-state index is -0.408. The summed E-state index contributed by atoms with van der Waals surface area (Å²) in [5.41, 5.74) is 1.09. The third-order valence-electron chi connectivity index (χ3n) is 4.39. The molecule has 1 aromatic carbocycles. The lowest BCUT2D eigenvalue weighted by atomic mass is 9.95. The lowest BCUT2D eigenvalue weighted by molar-refractivity contribution is 0.00287. The van der Waals surface area contributed by atoms with Crippen molar-refractivity contribution < 1.29 is 14.6 Å². The number of likely N-dealkylation sites (tertiary alicyclic amines) is 1. The lowest BCUT2D eigenvalue weighted by Gasteiger charge is -2.33. The van der Waals surface area contributed by atoms with Gasteiger partial charge in [-0.2, -0.15) is 0 Å². The van der Waals surface area contributed by atoms with Crippen molar-refractivity contribution in [2.75, 3.05) is 33.4 Å². The van der Waals surface area contributed by atoms with Crippen LogP contribution < -0.4 is 4.74 Å². The Hall–Kier alpha value is -1.10. The van der Waals surface area contributed by atoms with Gasteiger partial charge in [0.15, 0.2) is 0 Å². The summed E-state index contributed by atoms with van der Waals surface area (Å²) >= 11 is 0. The van der Waals surface area contributed by atoms with Gasteiger partial charge in [0.1, 0.15) is 5.75 Å². The first-order chi connectivity index (χ1) is 10.7. The fraction of sp³-hybridized carbons (Fsp3) is 0.667. The van der Waals surface area contributed by atoms with E-state index in [1.165, 1.54) is 19.3 Å². The van der Waals surface area contributed by atoms with Gasteiger partial charge < -0.3 is 19.5 Å². The molecule has 22 heavy (non-hydrogen) atoms. The molecule has 2 unspecified atom stereocenters. The standard InChI is InChI=1S/C18H29NO3/c1-3-15-5-4-10-19(11-15)12-17(20)14-22-13-16-6-8-18(21-2)9-7-16/h6-9,15,17,20H,3-5,10-14H2,1-2H3. The van der Waals surface area contributed by atoms with Gasteiger partial charge in [-0.05, 0) is 43.0 Å². The molecule has 0 saturated carbocycles. The van der Waals surface area contributed by atoms with E-state index in [0.29, 0.717) is 13.2 Å². The Balaban J connectivity index is 1.65. The first-order valence-electron chi connectivity index (χ1n) is 8.32. The second-order valence-electron chi connectivity index (χ2n) is 6.19. The lowest BCUT2D eigenvalue weighted by Crippen LogP contribution is -2.41. The SMILES string of the molecule is CCC1CCCN(CC(O)COCc2ccc(OC)cc2)C1. The van der Waals surface area contributed by atoms with Crippen molar-refractivity contribution in [3.05, 3.63) is 29.8 Å². The zero-order chi connectivity index (χ0) is 15.8. The quantitative estimate of drug-likeness (QED) is 0.802. The summed E-state index contributed by atoms with van der Waals surface area (Å²) in [7, 11) is 1.66. The van der Waals surface area contributed by atoms with Crippen LogP contribution in [0.15, 0.2) is 24.3 Å². The fourth-order valence-corrected chi connectivity index (χ4v) is 3.04. The molecule has 1 aromatic rings. The largest absolute Gasteiger partial charge is 0.497 e. The smallest absolute Gasteiger partial charge is 0.118 e. The molecule has 2 rings (SSSR count). The average Bonchev–Trinajstić information content (AvgIpc) is 2.55. The van der Waals surface area contributed by atoms with Crippen molar-refractivity contribution >= 4 is 0 Å². The second kappa shape index (κ2) is 9.13. The van der Waals surface area contributed by atoms with Crippen LogP contribution in [0.4, 0.5) is 0 Å². The molecule has 0 bridgehead atoms. The van der Waals surface area contributed by atoms with E-state index in [-0.39, 0.29) is 0 Å². The van der Waals surface area contributed by atoms with Crippen molar-refractivity contribution in [3.63, 3.8) is 0 Å². The zero-order valence-corrected chi connectivity index (χ0v) is 13.8. The summed E-state index contributed by atoms with van der Waals surface area (Å²) in [6.45, 7) is 6.11. The first-order valence-corrected chi connectivity index (χ1v) is 8.32. The van der Waals surface area contributed by atoms with Crippen molar-refractivity contribution in [1.29, 1.82) is 0 Å². The molecule has 0 amide bonds. The molecule has 1 aliphatic rings. The van der Waals surface area contributed by atoms with E-state index >= 15 is 0 Å². The number of hydrogen-bond acceptors (Lipinski definition) is 4. The Morgan fingerprint density at radius 3 is 2.77 bits per heavy atom. The molecule has 1 aliphatic heterocycles. The van der Waals surface area contributed by atoms with Crippen molar-refractivity contribution in [3.8, 4) is 5.75 Å². The van der Waals surface area contributed by atoms with Crippen LogP contribution in [0.1, 0.15) is 31.7 Å². The molecule has 0 aromatic heterocycles. The number of benzene rings is 1. The van der Waals surface area contributed by atoms with Crippen LogP contribution in [0.5, 0.6) is 5.75 Å². The Bertz CT molecular complexity index is 421. The van der Waals surface area contributed by atoms with Crippen molar-refractivity contribution in [2.24, 2.45) is 5.92 Å². The molecule has 1 fully saturated rings. The molecular weight excluding hydrogens is 278 g/mol. The van der Waals surface area contributed by atoms with Crippen LogP contribution in [-0.2, 0) is 11.3 Å². The van der Waals surface area contributed by atoms with Gasteiger partial charge in [-0.1, -0.05) is 25.5 Å². The normalized spacial score (nSPS) is 20.8. The van der Waals surface area contributed by atoms with Crippen LogP contribution >= 0.6 is 0 Å². The number of nitrogens with zero attached hydrogens (tertiary/aromatic N) is 1. The molecule has 124 valence electrons. The molecule has 0 spiro atoms. The molecule has 0 radical (unpaired) electrons. The van der Waals surface area contributed by atoms with E-state index in [1.54, 1.807) is 7.11 Å². The van der Waals surface area contributed by atoms with E-state index in [4.69, 9.17) is 9.47 Å². The maximum absolute atomic E-state index is 10.1. The number of aliphatic hydroxyl groups excluding tert-OH is 1. The predicted octanol–water partition coefficient (Wildman–Crippen LogP) is 2.69. The highest BCUT2D eigenvalue weighted by atomic mass is 16.5. The Morgan fingerprint density at radius 2 is 2.09 bits per heavy atom. The van der Waals surface area contributed by atoms with Gasteiger partial charge in [0.25, 0.3) is 0 Å². The minimum absolute atomic E-state index is 0.388. The number of rotatable bonds is 8. The number of piperidine rings is 1. The predicted molar refractivity (Wildman–Crippen MR) is 88.1 cm³/mol. The van der Waals surface area contributed by atoms with Crippen LogP contribution in [-0.4, -0.2) is 49.5 Å². The summed E-state index contributed by atoms with van der Waals surface area (Å²) in [6.07, 6.45) is 3.41. The molecular formula is C18H29NO3. The average molecular weight is 307 g/mol. The van der Waals surface area contributed by atoms with Gasteiger partial charge in [-0.15, -0.1) is 0 Å². The van der Waals surface area contributed by atoms with Gasteiger partial charge in [-0.3, -0.25) is 0 Å². The molecule has 1 N–H and O–H groups in total. The topological polar surface area (TPSA) is 41.9 Å². The Labute approximate surface area is 134 Å². The van der Waals surface area contributed by atoms with E-state index in [9.17, 15) is 5.11 Å². The Morgan fingerprint density at radius 1 is 1.32 bits per heavy atom. The number of β-amino-alcohol motifs (C(OH)–C–C–N with tert-alkyl or cyclic N) is 1. The number of hydrogen-bond donors (Lipinski definition) is 1. The number of methoxy groups -OCH3 is 1. The minimum Gasteiger partial charge on any atom is -0.497 e. The monoisotopic (exact) mass is 307 g/mol. The highest BCUT2D eigenvalue weighted by molar-refractivity contribution is 5.26. The van der Waals surface area contributed by atoms with E-state index in [2.05, 4.69) is 11.8 Å². The van der Waals surface area contributed by atoms with E-state index in [0.717, 1.165) is 36.9 Å². The van der Waals surface area contributed by atoms with Gasteiger partial charge >= 0.3 is 0 Å². The Kier molecular flexibility index (Phi) is 7.16. The summed E-state index contributed by atoms with van der Waals surface area (Å²) in [6, 6.07) is 7.82. The maximum atomic E-state index is 10.1. The zero-order valence-electron chi connectivity index (χ0n) is 13.8. The molecule has 4 nitrogen and oxygen atoms in total. The van der Waals surface area contributed by atoms with Crippen LogP contribution in [0.25, 0.3) is 0 Å².